The molecule has 1 aromatic carbocycles. The number of morpholine rings is 1. The van der Waals surface area contributed by atoms with E-state index in [0.717, 1.165) is 63.9 Å². The molecule has 0 aromatic heterocycles. The lowest BCUT2D eigenvalue weighted by Crippen LogP contribution is -2.42. The van der Waals surface area contributed by atoms with Gasteiger partial charge in [0.15, 0.2) is 5.96 Å². The minimum absolute atomic E-state index is 0. The fourth-order valence-electron chi connectivity index (χ4n) is 3.37. The minimum Gasteiger partial charge on any atom is -0.497 e. The molecule has 9 heteroatoms. The van der Waals surface area contributed by atoms with Gasteiger partial charge in [-0.3, -0.25) is 14.7 Å². The highest BCUT2D eigenvalue weighted by atomic mass is 127. The zero-order valence-electron chi connectivity index (χ0n) is 18.9. The number of carbonyl (C=O) groups is 1. The van der Waals surface area contributed by atoms with Crippen molar-refractivity contribution in [3.63, 3.8) is 0 Å². The predicted octanol–water partition coefficient (Wildman–Crippen LogP) is 2.58. The largest absolute Gasteiger partial charge is 0.497 e. The van der Waals surface area contributed by atoms with Gasteiger partial charge in [-0.05, 0) is 37.5 Å². The number of rotatable bonds is 11. The number of hydrogen-bond donors (Lipinski definition) is 2. The first kappa shape index (κ1) is 27.4. The summed E-state index contributed by atoms with van der Waals surface area (Å²) in [5.74, 6) is 1.48. The molecule has 2 N–H and O–H groups in total. The molecule has 176 valence electrons. The van der Waals surface area contributed by atoms with Crippen LogP contribution in [-0.2, 0) is 14.3 Å². The van der Waals surface area contributed by atoms with Crippen LogP contribution in [0.4, 0.5) is 0 Å². The first-order valence-electron chi connectivity index (χ1n) is 10.7. The van der Waals surface area contributed by atoms with Gasteiger partial charge in [-0.1, -0.05) is 12.1 Å². The van der Waals surface area contributed by atoms with Crippen LogP contribution in [0.25, 0.3) is 0 Å². The van der Waals surface area contributed by atoms with Crippen LogP contribution < -0.4 is 15.4 Å². The molecule has 0 amide bonds. The monoisotopic (exact) mass is 548 g/mol. The molecular formula is C22H37IN4O4. The second kappa shape index (κ2) is 16.1. The molecule has 2 rings (SSSR count). The standard InChI is InChI=1S/C22H36N4O4.HI/c1-4-23-22(24-12-6-5-7-21(27)29-3)25-17-20(26-13-15-30-16-14-26)18-8-10-19(28-2)11-9-18;/h8-11,20H,4-7,12-17H2,1-3H3,(H2,23,24,25);1H. The summed E-state index contributed by atoms with van der Waals surface area (Å²) in [6.45, 7) is 7.52. The van der Waals surface area contributed by atoms with Crippen molar-refractivity contribution in [2.75, 3.05) is 60.2 Å². The maximum atomic E-state index is 11.2. The maximum absolute atomic E-state index is 11.2. The number of methoxy groups -OCH3 is 2. The predicted molar refractivity (Wildman–Crippen MR) is 133 cm³/mol. The second-order valence-electron chi connectivity index (χ2n) is 7.12. The van der Waals surface area contributed by atoms with E-state index in [1.165, 1.54) is 12.7 Å². The molecule has 1 fully saturated rings. The Morgan fingerprint density at radius 2 is 1.87 bits per heavy atom. The van der Waals surface area contributed by atoms with E-state index in [1.54, 1.807) is 7.11 Å². The van der Waals surface area contributed by atoms with E-state index in [4.69, 9.17) is 14.5 Å². The molecule has 0 radical (unpaired) electrons. The summed E-state index contributed by atoms with van der Waals surface area (Å²) in [6, 6.07) is 8.40. The Kier molecular flexibility index (Phi) is 14.3. The minimum atomic E-state index is -0.164. The van der Waals surface area contributed by atoms with E-state index in [1.807, 2.05) is 12.1 Å². The van der Waals surface area contributed by atoms with Crippen molar-refractivity contribution in [1.29, 1.82) is 0 Å². The highest BCUT2D eigenvalue weighted by molar-refractivity contribution is 14.0. The summed E-state index contributed by atoms with van der Waals surface area (Å²) in [7, 11) is 3.10. The highest BCUT2D eigenvalue weighted by Crippen LogP contribution is 2.24. The number of nitrogens with zero attached hydrogens (tertiary/aromatic N) is 2. The number of aliphatic imine (C=N–C) groups is 1. The Morgan fingerprint density at radius 1 is 1.16 bits per heavy atom. The summed E-state index contributed by atoms with van der Waals surface area (Å²) >= 11 is 0. The van der Waals surface area contributed by atoms with Gasteiger partial charge in [0.25, 0.3) is 0 Å². The highest BCUT2D eigenvalue weighted by Gasteiger charge is 2.22. The molecule has 1 aliphatic heterocycles. The Hall–Kier alpha value is -1.59. The van der Waals surface area contributed by atoms with Gasteiger partial charge < -0.3 is 24.8 Å². The number of carbonyl (C=O) groups excluding carboxylic acids is 1. The van der Waals surface area contributed by atoms with Gasteiger partial charge in [0.05, 0.1) is 40.0 Å². The van der Waals surface area contributed by atoms with Crippen LogP contribution in [0.2, 0.25) is 0 Å². The first-order chi connectivity index (χ1) is 14.7. The average molecular weight is 548 g/mol. The number of benzene rings is 1. The van der Waals surface area contributed by atoms with E-state index in [-0.39, 0.29) is 36.0 Å². The Morgan fingerprint density at radius 3 is 2.48 bits per heavy atom. The molecule has 8 nitrogen and oxygen atoms in total. The van der Waals surface area contributed by atoms with Crippen molar-refractivity contribution in [3.8, 4) is 5.75 Å². The lowest BCUT2D eigenvalue weighted by atomic mass is 10.0. The van der Waals surface area contributed by atoms with Gasteiger partial charge in [-0.2, -0.15) is 0 Å². The maximum Gasteiger partial charge on any atom is 0.305 e. The van der Waals surface area contributed by atoms with Crippen molar-refractivity contribution in [2.24, 2.45) is 4.99 Å². The van der Waals surface area contributed by atoms with Gasteiger partial charge in [0.1, 0.15) is 5.75 Å². The number of hydrogen-bond acceptors (Lipinski definition) is 6. The number of guanidine groups is 1. The summed E-state index contributed by atoms with van der Waals surface area (Å²) in [6.07, 6.45) is 2.12. The average Bonchev–Trinajstić information content (AvgIpc) is 2.79. The molecule has 1 aromatic rings. The molecular weight excluding hydrogens is 511 g/mol. The van der Waals surface area contributed by atoms with Crippen LogP contribution in [0.15, 0.2) is 29.3 Å². The van der Waals surface area contributed by atoms with E-state index in [2.05, 4.69) is 39.3 Å². The topological polar surface area (TPSA) is 84.4 Å². The molecule has 0 saturated carbocycles. The van der Waals surface area contributed by atoms with Gasteiger partial charge in [0.2, 0.25) is 0 Å². The Balaban J connectivity index is 0.00000480. The third-order valence-electron chi connectivity index (χ3n) is 5.08. The van der Waals surface area contributed by atoms with Gasteiger partial charge >= 0.3 is 5.97 Å². The van der Waals surface area contributed by atoms with Crippen LogP contribution in [0.1, 0.15) is 37.8 Å². The molecule has 1 aliphatic rings. The fraction of sp³-hybridized carbons (Fsp3) is 0.636. The van der Waals surface area contributed by atoms with Gasteiger partial charge in [-0.15, -0.1) is 24.0 Å². The zero-order chi connectivity index (χ0) is 21.6. The van der Waals surface area contributed by atoms with Gasteiger partial charge in [-0.25, -0.2) is 0 Å². The molecule has 1 heterocycles. The van der Waals surface area contributed by atoms with Crippen LogP contribution in [-0.4, -0.2) is 77.0 Å². The molecule has 0 aliphatic carbocycles. The van der Waals surface area contributed by atoms with Crippen molar-refractivity contribution in [1.82, 2.24) is 15.5 Å². The number of esters is 1. The smallest absolute Gasteiger partial charge is 0.305 e. The van der Waals surface area contributed by atoms with Crippen LogP contribution in [0.3, 0.4) is 0 Å². The van der Waals surface area contributed by atoms with E-state index in [9.17, 15) is 4.79 Å². The Bertz CT molecular complexity index is 651. The number of unbranched alkanes of at least 4 members (excludes halogenated alkanes) is 1. The number of ether oxygens (including phenoxy) is 3. The van der Waals surface area contributed by atoms with Crippen molar-refractivity contribution >= 4 is 35.9 Å². The van der Waals surface area contributed by atoms with E-state index >= 15 is 0 Å². The zero-order valence-corrected chi connectivity index (χ0v) is 21.2. The summed E-state index contributed by atoms with van der Waals surface area (Å²) in [5, 5.41) is 6.67. The lowest BCUT2D eigenvalue weighted by Gasteiger charge is -2.34. The fourth-order valence-corrected chi connectivity index (χ4v) is 3.37. The van der Waals surface area contributed by atoms with Crippen LogP contribution in [0.5, 0.6) is 5.75 Å². The molecule has 31 heavy (non-hydrogen) atoms. The molecule has 1 unspecified atom stereocenters. The molecule has 1 saturated heterocycles. The third kappa shape index (κ3) is 10.0. The van der Waals surface area contributed by atoms with Crippen LogP contribution in [0, 0.1) is 0 Å². The summed E-state index contributed by atoms with van der Waals surface area (Å²) in [5.41, 5.74) is 1.22. The first-order valence-corrected chi connectivity index (χ1v) is 10.7. The van der Waals surface area contributed by atoms with Crippen molar-refractivity contribution in [2.45, 2.75) is 32.2 Å². The summed E-state index contributed by atoms with van der Waals surface area (Å²) < 4.78 is 15.5. The number of nitrogens with one attached hydrogen (secondary N) is 2. The Labute approximate surface area is 203 Å². The third-order valence-corrected chi connectivity index (χ3v) is 5.08. The van der Waals surface area contributed by atoms with Crippen molar-refractivity contribution in [3.05, 3.63) is 29.8 Å². The second-order valence-corrected chi connectivity index (χ2v) is 7.12. The normalized spacial score (nSPS) is 15.5. The summed E-state index contributed by atoms with van der Waals surface area (Å²) in [4.78, 5) is 18.5. The van der Waals surface area contributed by atoms with E-state index < -0.39 is 0 Å². The SMILES string of the molecule is CCNC(=NCC(c1ccc(OC)cc1)N1CCOCC1)NCCCCC(=O)OC.I. The lowest BCUT2D eigenvalue weighted by molar-refractivity contribution is -0.140. The quantitative estimate of drug-likeness (QED) is 0.145. The van der Waals surface area contributed by atoms with E-state index in [0.29, 0.717) is 13.0 Å². The molecule has 0 bridgehead atoms. The van der Waals surface area contributed by atoms with Gasteiger partial charge in [0, 0.05) is 32.6 Å². The number of halogens is 1. The molecule has 0 spiro atoms. The van der Waals surface area contributed by atoms with Crippen LogP contribution >= 0.6 is 24.0 Å². The van der Waals surface area contributed by atoms with Crippen molar-refractivity contribution < 1.29 is 19.0 Å². The molecule has 1 atom stereocenters.